The van der Waals surface area contributed by atoms with E-state index in [0.717, 1.165) is 12.1 Å². The first kappa shape index (κ1) is 11.8. The average molecular weight is 204 g/mol. The molecule has 0 fully saturated rings. The fraction of sp³-hybridized carbons (Fsp3) is 0.462. The van der Waals surface area contributed by atoms with E-state index >= 15 is 0 Å². The van der Waals surface area contributed by atoms with E-state index in [1.54, 1.807) is 0 Å². The van der Waals surface area contributed by atoms with Crippen molar-refractivity contribution in [3.8, 4) is 0 Å². The zero-order valence-electron chi connectivity index (χ0n) is 9.66. The lowest BCUT2D eigenvalue weighted by molar-refractivity contribution is 0.746. The highest BCUT2D eigenvalue weighted by atomic mass is 15.3. The Hall–Kier alpha value is -1.31. The quantitative estimate of drug-likeness (QED) is 0.423. The number of hydrogen-bond donors (Lipinski definition) is 1. The zero-order valence-corrected chi connectivity index (χ0v) is 9.66. The molecule has 1 N–H and O–H groups in total. The third-order valence-corrected chi connectivity index (χ3v) is 2.27. The molecule has 0 bridgehead atoms. The maximum absolute atomic E-state index is 4.17. The molecule has 0 saturated heterocycles. The molecule has 1 aromatic carbocycles. The van der Waals surface area contributed by atoms with Gasteiger partial charge >= 0.3 is 0 Å². The SMILES string of the molecule is CCCCC/C=N/Nc1ccc(C)cc1. The molecule has 0 aliphatic rings. The van der Waals surface area contributed by atoms with Gasteiger partial charge in [-0.3, -0.25) is 5.43 Å². The molecular formula is C13H20N2. The normalized spacial score (nSPS) is 10.8. The number of unbranched alkanes of at least 4 members (excludes halogenated alkanes) is 3. The first-order valence-electron chi connectivity index (χ1n) is 5.67. The van der Waals surface area contributed by atoms with Crippen LogP contribution in [0.2, 0.25) is 0 Å². The number of hydrogen-bond acceptors (Lipinski definition) is 2. The fourth-order valence-corrected chi connectivity index (χ4v) is 1.30. The molecular weight excluding hydrogens is 184 g/mol. The van der Waals surface area contributed by atoms with Crippen molar-refractivity contribution in [2.45, 2.75) is 39.5 Å². The number of nitrogens with one attached hydrogen (secondary N) is 1. The van der Waals surface area contributed by atoms with Gasteiger partial charge in [0, 0.05) is 6.21 Å². The van der Waals surface area contributed by atoms with Crippen LogP contribution in [-0.2, 0) is 0 Å². The molecule has 1 rings (SSSR count). The molecule has 0 unspecified atom stereocenters. The van der Waals surface area contributed by atoms with E-state index in [1.165, 1.54) is 24.8 Å². The highest BCUT2D eigenvalue weighted by Gasteiger charge is 1.87. The summed E-state index contributed by atoms with van der Waals surface area (Å²) in [6.45, 7) is 4.29. The van der Waals surface area contributed by atoms with E-state index in [0.29, 0.717) is 0 Å². The second kappa shape index (κ2) is 7.04. The van der Waals surface area contributed by atoms with Crippen LogP contribution in [-0.4, -0.2) is 6.21 Å². The molecule has 0 amide bonds. The summed E-state index contributed by atoms with van der Waals surface area (Å²) in [6, 6.07) is 8.24. The topological polar surface area (TPSA) is 24.4 Å². The summed E-state index contributed by atoms with van der Waals surface area (Å²) >= 11 is 0. The summed E-state index contributed by atoms with van der Waals surface area (Å²) in [7, 11) is 0. The summed E-state index contributed by atoms with van der Waals surface area (Å²) in [5.74, 6) is 0. The largest absolute Gasteiger partial charge is 0.279 e. The van der Waals surface area contributed by atoms with Crippen molar-refractivity contribution in [1.82, 2.24) is 0 Å². The van der Waals surface area contributed by atoms with Gasteiger partial charge in [-0.25, -0.2) is 0 Å². The van der Waals surface area contributed by atoms with E-state index in [-0.39, 0.29) is 0 Å². The minimum atomic E-state index is 1.05. The molecule has 0 aromatic heterocycles. The van der Waals surface area contributed by atoms with Crippen LogP contribution in [0.5, 0.6) is 0 Å². The monoisotopic (exact) mass is 204 g/mol. The van der Waals surface area contributed by atoms with Gasteiger partial charge in [0.2, 0.25) is 0 Å². The van der Waals surface area contributed by atoms with E-state index in [4.69, 9.17) is 0 Å². The minimum Gasteiger partial charge on any atom is -0.279 e. The summed E-state index contributed by atoms with van der Waals surface area (Å²) in [5, 5.41) is 4.17. The number of nitrogens with zero attached hydrogens (tertiary/aromatic N) is 1. The van der Waals surface area contributed by atoms with Gasteiger partial charge in [0.1, 0.15) is 0 Å². The Bertz CT molecular complexity index is 288. The van der Waals surface area contributed by atoms with Crippen LogP contribution in [0.3, 0.4) is 0 Å². The van der Waals surface area contributed by atoms with Crippen molar-refractivity contribution in [2.75, 3.05) is 5.43 Å². The van der Waals surface area contributed by atoms with E-state index in [2.05, 4.69) is 36.5 Å². The second-order valence-electron chi connectivity index (χ2n) is 3.79. The van der Waals surface area contributed by atoms with Crippen molar-refractivity contribution in [3.05, 3.63) is 29.8 Å². The summed E-state index contributed by atoms with van der Waals surface area (Å²) in [5.41, 5.74) is 5.34. The maximum Gasteiger partial charge on any atom is 0.0561 e. The lowest BCUT2D eigenvalue weighted by Gasteiger charge is -1.99. The van der Waals surface area contributed by atoms with Crippen LogP contribution in [0.1, 0.15) is 38.2 Å². The van der Waals surface area contributed by atoms with Crippen LogP contribution in [0.4, 0.5) is 5.69 Å². The third-order valence-electron chi connectivity index (χ3n) is 2.27. The molecule has 0 heterocycles. The maximum atomic E-state index is 4.17. The van der Waals surface area contributed by atoms with Gasteiger partial charge in [0.25, 0.3) is 0 Å². The third kappa shape index (κ3) is 5.21. The molecule has 82 valence electrons. The first-order chi connectivity index (χ1) is 7.33. The van der Waals surface area contributed by atoms with E-state index < -0.39 is 0 Å². The van der Waals surface area contributed by atoms with Crippen molar-refractivity contribution in [2.24, 2.45) is 5.10 Å². The Balaban J connectivity index is 2.22. The summed E-state index contributed by atoms with van der Waals surface area (Å²) < 4.78 is 0. The van der Waals surface area contributed by atoms with Gasteiger partial charge in [-0.05, 0) is 31.9 Å². The summed E-state index contributed by atoms with van der Waals surface area (Å²) in [4.78, 5) is 0. The van der Waals surface area contributed by atoms with Crippen molar-refractivity contribution < 1.29 is 0 Å². The van der Waals surface area contributed by atoms with Gasteiger partial charge in [0.15, 0.2) is 0 Å². The molecule has 0 spiro atoms. The van der Waals surface area contributed by atoms with Gasteiger partial charge in [-0.2, -0.15) is 5.10 Å². The highest BCUT2D eigenvalue weighted by Crippen LogP contribution is 2.08. The Morgan fingerprint density at radius 1 is 1.20 bits per heavy atom. The molecule has 15 heavy (non-hydrogen) atoms. The van der Waals surface area contributed by atoms with Crippen LogP contribution < -0.4 is 5.43 Å². The second-order valence-corrected chi connectivity index (χ2v) is 3.79. The van der Waals surface area contributed by atoms with Crippen LogP contribution >= 0.6 is 0 Å². The zero-order chi connectivity index (χ0) is 10.9. The number of anilines is 1. The van der Waals surface area contributed by atoms with Gasteiger partial charge in [0.05, 0.1) is 5.69 Å². The average Bonchev–Trinajstić information content (AvgIpc) is 2.26. The molecule has 0 radical (unpaired) electrons. The lowest BCUT2D eigenvalue weighted by Crippen LogP contribution is -1.89. The number of benzene rings is 1. The van der Waals surface area contributed by atoms with Crippen molar-refractivity contribution >= 4 is 11.9 Å². The van der Waals surface area contributed by atoms with Gasteiger partial charge < -0.3 is 0 Å². The first-order valence-corrected chi connectivity index (χ1v) is 5.67. The van der Waals surface area contributed by atoms with Crippen molar-refractivity contribution in [1.29, 1.82) is 0 Å². The molecule has 0 aliphatic heterocycles. The van der Waals surface area contributed by atoms with Gasteiger partial charge in [-0.15, -0.1) is 0 Å². The van der Waals surface area contributed by atoms with Crippen LogP contribution in [0, 0.1) is 6.92 Å². The van der Waals surface area contributed by atoms with Crippen molar-refractivity contribution in [3.63, 3.8) is 0 Å². The smallest absolute Gasteiger partial charge is 0.0561 e. The number of rotatable bonds is 6. The Labute approximate surface area is 92.4 Å². The minimum absolute atomic E-state index is 1.05. The Morgan fingerprint density at radius 2 is 1.93 bits per heavy atom. The molecule has 0 saturated carbocycles. The number of hydrazone groups is 1. The van der Waals surface area contributed by atoms with Crippen LogP contribution in [0.15, 0.2) is 29.4 Å². The fourth-order valence-electron chi connectivity index (χ4n) is 1.30. The van der Waals surface area contributed by atoms with Crippen LogP contribution in [0.25, 0.3) is 0 Å². The standard InChI is InChI=1S/C13H20N2/c1-3-4-5-6-11-14-15-13-9-7-12(2)8-10-13/h7-11,15H,3-6H2,1-2H3/b14-11+. The summed E-state index contributed by atoms with van der Waals surface area (Å²) in [6.07, 6.45) is 6.80. The predicted octanol–water partition coefficient (Wildman–Crippen LogP) is 3.97. The molecule has 0 aliphatic carbocycles. The molecule has 1 aromatic rings. The molecule has 2 heteroatoms. The Morgan fingerprint density at radius 3 is 2.60 bits per heavy atom. The highest BCUT2D eigenvalue weighted by molar-refractivity contribution is 5.59. The molecule has 2 nitrogen and oxygen atoms in total. The Kier molecular flexibility index (Phi) is 5.52. The van der Waals surface area contributed by atoms with E-state index in [9.17, 15) is 0 Å². The van der Waals surface area contributed by atoms with Gasteiger partial charge in [-0.1, -0.05) is 37.5 Å². The van der Waals surface area contributed by atoms with E-state index in [1.807, 2.05) is 18.3 Å². The lowest BCUT2D eigenvalue weighted by atomic mass is 10.2. The molecule has 0 atom stereocenters. The predicted molar refractivity (Wildman–Crippen MR) is 67.4 cm³/mol. The number of aryl methyl sites for hydroxylation is 1.